The summed E-state index contributed by atoms with van der Waals surface area (Å²) in [6, 6.07) is 9.35. The molecule has 0 amide bonds. The van der Waals surface area contributed by atoms with Gasteiger partial charge in [0.2, 0.25) is 10.0 Å². The third-order valence-corrected chi connectivity index (χ3v) is 4.18. The van der Waals surface area contributed by atoms with Gasteiger partial charge in [-0.2, -0.15) is 0 Å². The van der Waals surface area contributed by atoms with Crippen LogP contribution in [0.25, 0.3) is 0 Å². The van der Waals surface area contributed by atoms with Gasteiger partial charge in [0.15, 0.2) is 11.5 Å². The highest BCUT2D eigenvalue weighted by Gasteiger charge is 2.10. The molecular weight excluding hydrogens is 332 g/mol. The molecule has 0 aliphatic carbocycles. The minimum absolute atomic E-state index is 0.0325. The second-order valence-corrected chi connectivity index (χ2v) is 6.31. The second-order valence-electron chi connectivity index (χ2n) is 4.75. The minimum Gasteiger partial charge on any atom is -0.496 e. The fourth-order valence-corrected chi connectivity index (χ4v) is 2.54. The maximum atomic E-state index is 11.2. The van der Waals surface area contributed by atoms with Gasteiger partial charge in [0.1, 0.15) is 5.75 Å². The first-order valence-corrected chi connectivity index (χ1v) is 8.40. The number of benzene rings is 2. The van der Waals surface area contributed by atoms with E-state index in [1.807, 2.05) is 0 Å². The predicted octanol–water partition coefficient (Wildman–Crippen LogP) is 2.11. The lowest BCUT2D eigenvalue weighted by Gasteiger charge is -2.11. The highest BCUT2D eigenvalue weighted by molar-refractivity contribution is 7.89. The molecule has 2 N–H and O–H groups in total. The second kappa shape index (κ2) is 7.33. The molecule has 0 aliphatic rings. The van der Waals surface area contributed by atoms with Crippen molar-refractivity contribution in [3.05, 3.63) is 42.0 Å². The number of methoxy groups -OCH3 is 3. The molecule has 0 spiro atoms. The number of sulfonamides is 1. The summed E-state index contributed by atoms with van der Waals surface area (Å²) < 4.78 is 38.3. The molecule has 128 valence electrons. The Morgan fingerprint density at radius 3 is 1.96 bits per heavy atom. The molecule has 0 saturated heterocycles. The van der Waals surface area contributed by atoms with Gasteiger partial charge >= 0.3 is 0 Å². The summed E-state index contributed by atoms with van der Waals surface area (Å²) in [6.07, 6.45) is 1.59. The minimum atomic E-state index is -3.72. The molecule has 0 bridgehead atoms. The number of nitrogens with zero attached hydrogens (tertiary/aromatic N) is 1. The van der Waals surface area contributed by atoms with Gasteiger partial charge in [0.25, 0.3) is 0 Å². The molecule has 8 heteroatoms. The summed E-state index contributed by atoms with van der Waals surface area (Å²) in [6.45, 7) is 0. The zero-order chi connectivity index (χ0) is 17.7. The van der Waals surface area contributed by atoms with E-state index in [-0.39, 0.29) is 4.90 Å². The zero-order valence-electron chi connectivity index (χ0n) is 13.5. The molecule has 0 fully saturated rings. The molecule has 0 atom stereocenters. The van der Waals surface area contributed by atoms with Crippen molar-refractivity contribution in [1.29, 1.82) is 0 Å². The number of rotatable bonds is 6. The number of primary sulfonamides is 1. The van der Waals surface area contributed by atoms with Crippen LogP contribution in [-0.2, 0) is 10.0 Å². The Bertz CT molecular complexity index is 846. The number of ether oxygens (including phenoxy) is 3. The lowest BCUT2D eigenvalue weighted by atomic mass is 10.2. The third-order valence-electron chi connectivity index (χ3n) is 3.25. The highest BCUT2D eigenvalue weighted by Crippen LogP contribution is 2.34. The van der Waals surface area contributed by atoms with Crippen LogP contribution < -0.4 is 19.3 Å². The van der Waals surface area contributed by atoms with E-state index in [4.69, 9.17) is 19.3 Å². The van der Waals surface area contributed by atoms with Crippen molar-refractivity contribution in [2.45, 2.75) is 4.90 Å². The molecule has 0 saturated carbocycles. The summed E-state index contributed by atoms with van der Waals surface area (Å²) >= 11 is 0. The summed E-state index contributed by atoms with van der Waals surface area (Å²) in [7, 11) is 0.904. The lowest BCUT2D eigenvalue weighted by molar-refractivity contribution is 0.349. The normalized spacial score (nSPS) is 11.5. The number of aliphatic imine (C=N–C) groups is 1. The first-order valence-electron chi connectivity index (χ1n) is 6.86. The van der Waals surface area contributed by atoms with E-state index in [0.717, 1.165) is 0 Å². The van der Waals surface area contributed by atoms with Gasteiger partial charge < -0.3 is 14.2 Å². The SMILES string of the molecule is COc1cc(OC)c(OC)cc1C=Nc1ccc(S(N)(=O)=O)cc1. The predicted molar refractivity (Wildman–Crippen MR) is 91.2 cm³/mol. The Morgan fingerprint density at radius 1 is 0.917 bits per heavy atom. The van der Waals surface area contributed by atoms with Crippen LogP contribution in [0.1, 0.15) is 5.56 Å². The van der Waals surface area contributed by atoms with Crippen LogP contribution in [0.15, 0.2) is 46.3 Å². The molecule has 0 unspecified atom stereocenters. The van der Waals surface area contributed by atoms with E-state index < -0.39 is 10.0 Å². The van der Waals surface area contributed by atoms with Crippen LogP contribution in [-0.4, -0.2) is 36.0 Å². The van der Waals surface area contributed by atoms with Crippen molar-refractivity contribution < 1.29 is 22.6 Å². The first kappa shape index (κ1) is 17.8. The zero-order valence-corrected chi connectivity index (χ0v) is 14.3. The number of hydrogen-bond acceptors (Lipinski definition) is 6. The highest BCUT2D eigenvalue weighted by atomic mass is 32.2. The van der Waals surface area contributed by atoms with Crippen LogP contribution in [0, 0.1) is 0 Å². The molecular formula is C16H18N2O5S. The van der Waals surface area contributed by atoms with Gasteiger partial charge in [-0.15, -0.1) is 0 Å². The monoisotopic (exact) mass is 350 g/mol. The van der Waals surface area contributed by atoms with Crippen LogP contribution in [0.5, 0.6) is 17.2 Å². The van der Waals surface area contributed by atoms with Crippen LogP contribution in [0.2, 0.25) is 0 Å². The average Bonchev–Trinajstić information content (AvgIpc) is 2.58. The fourth-order valence-electron chi connectivity index (χ4n) is 2.02. The van der Waals surface area contributed by atoms with Crippen LogP contribution in [0.4, 0.5) is 5.69 Å². The topological polar surface area (TPSA) is 100 Å². The largest absolute Gasteiger partial charge is 0.496 e. The van der Waals surface area contributed by atoms with Gasteiger partial charge in [-0.25, -0.2) is 13.6 Å². The Kier molecular flexibility index (Phi) is 5.42. The van der Waals surface area contributed by atoms with Crippen molar-refractivity contribution in [2.75, 3.05) is 21.3 Å². The maximum absolute atomic E-state index is 11.2. The first-order chi connectivity index (χ1) is 11.4. The summed E-state index contributed by atoms with van der Waals surface area (Å²) in [4.78, 5) is 4.33. The fraction of sp³-hybridized carbons (Fsp3) is 0.188. The Hall–Kier alpha value is -2.58. The van der Waals surface area contributed by atoms with Crippen LogP contribution in [0.3, 0.4) is 0 Å². The van der Waals surface area contributed by atoms with Gasteiger partial charge in [-0.3, -0.25) is 4.99 Å². The quantitative estimate of drug-likeness (QED) is 0.804. The van der Waals surface area contributed by atoms with E-state index in [1.165, 1.54) is 26.4 Å². The summed E-state index contributed by atoms with van der Waals surface area (Å²) in [5.41, 5.74) is 1.25. The summed E-state index contributed by atoms with van der Waals surface area (Å²) in [5.74, 6) is 1.66. The van der Waals surface area contributed by atoms with Crippen molar-refractivity contribution in [3.63, 3.8) is 0 Å². The van der Waals surface area contributed by atoms with Crippen molar-refractivity contribution in [3.8, 4) is 17.2 Å². The van der Waals surface area contributed by atoms with E-state index in [9.17, 15) is 8.42 Å². The van der Waals surface area contributed by atoms with E-state index in [1.54, 1.807) is 37.6 Å². The molecule has 0 heterocycles. The van der Waals surface area contributed by atoms with Crippen molar-refractivity contribution >= 4 is 21.9 Å². The molecule has 0 aromatic heterocycles. The van der Waals surface area contributed by atoms with Gasteiger partial charge in [-0.1, -0.05) is 0 Å². The van der Waals surface area contributed by atoms with Gasteiger partial charge in [0.05, 0.1) is 31.9 Å². The molecule has 2 rings (SSSR count). The van der Waals surface area contributed by atoms with Gasteiger partial charge in [0, 0.05) is 17.8 Å². The van der Waals surface area contributed by atoms with E-state index in [0.29, 0.717) is 28.5 Å². The number of nitrogens with two attached hydrogens (primary N) is 1. The third kappa shape index (κ3) is 4.03. The Labute approximate surface area is 140 Å². The maximum Gasteiger partial charge on any atom is 0.238 e. The molecule has 7 nitrogen and oxygen atoms in total. The molecule has 24 heavy (non-hydrogen) atoms. The molecule has 0 radical (unpaired) electrons. The summed E-state index contributed by atoms with van der Waals surface area (Å²) in [5, 5.41) is 5.06. The standard InChI is InChI=1S/C16H18N2O5S/c1-21-14-9-16(23-3)15(22-2)8-11(14)10-18-12-4-6-13(7-5-12)24(17,19)20/h4-10H,1-3H3,(H2,17,19,20). The van der Waals surface area contributed by atoms with Crippen molar-refractivity contribution in [2.24, 2.45) is 10.1 Å². The molecule has 2 aromatic rings. The average molecular weight is 350 g/mol. The molecule has 0 aliphatic heterocycles. The Morgan fingerprint density at radius 2 is 1.46 bits per heavy atom. The van der Waals surface area contributed by atoms with Crippen molar-refractivity contribution in [1.82, 2.24) is 0 Å². The van der Waals surface area contributed by atoms with E-state index in [2.05, 4.69) is 4.99 Å². The lowest BCUT2D eigenvalue weighted by Crippen LogP contribution is -2.11. The number of hydrogen-bond donors (Lipinski definition) is 1. The van der Waals surface area contributed by atoms with Gasteiger partial charge in [-0.05, 0) is 30.3 Å². The van der Waals surface area contributed by atoms with E-state index >= 15 is 0 Å². The molecule has 2 aromatic carbocycles. The van der Waals surface area contributed by atoms with Crippen LogP contribution >= 0.6 is 0 Å². The Balaban J connectivity index is 2.34. The smallest absolute Gasteiger partial charge is 0.238 e.